The fourth-order valence-electron chi connectivity index (χ4n) is 3.39. The molecule has 0 spiro atoms. The van der Waals surface area contributed by atoms with Gasteiger partial charge in [0.15, 0.2) is 0 Å². The molecule has 0 aromatic heterocycles. The van der Waals surface area contributed by atoms with Crippen LogP contribution in [0.1, 0.15) is 53.4 Å². The SMILES string of the molecule is CCNC1(C(N)=O)CCC(N(C)C(C)CC(C)C)C1. The highest BCUT2D eigenvalue weighted by Crippen LogP contribution is 2.33. The van der Waals surface area contributed by atoms with Crippen molar-refractivity contribution in [3.8, 4) is 0 Å². The number of hydrogen-bond donors (Lipinski definition) is 2. The summed E-state index contributed by atoms with van der Waals surface area (Å²) >= 11 is 0. The Kier molecular flexibility index (Phi) is 5.81. The molecule has 4 heteroatoms. The van der Waals surface area contributed by atoms with Gasteiger partial charge in [-0.25, -0.2) is 0 Å². The number of primary amides is 1. The molecular formula is C15H31N3O. The zero-order valence-corrected chi connectivity index (χ0v) is 13.2. The first kappa shape index (κ1) is 16.4. The molecule has 0 saturated heterocycles. The van der Waals surface area contributed by atoms with Crippen LogP contribution in [0.3, 0.4) is 0 Å². The van der Waals surface area contributed by atoms with Crippen LogP contribution in [0.25, 0.3) is 0 Å². The highest BCUT2D eigenvalue weighted by Gasteiger charge is 2.44. The first-order valence-electron chi connectivity index (χ1n) is 7.59. The van der Waals surface area contributed by atoms with Gasteiger partial charge < -0.3 is 16.0 Å². The summed E-state index contributed by atoms with van der Waals surface area (Å²) in [5.41, 5.74) is 5.14. The molecule has 4 nitrogen and oxygen atoms in total. The molecule has 1 aliphatic rings. The van der Waals surface area contributed by atoms with Crippen molar-refractivity contribution < 1.29 is 4.79 Å². The molecule has 3 unspecified atom stereocenters. The molecule has 0 aliphatic heterocycles. The van der Waals surface area contributed by atoms with Gasteiger partial charge in [-0.05, 0) is 52.1 Å². The molecule has 1 amide bonds. The van der Waals surface area contributed by atoms with Crippen molar-refractivity contribution in [3.05, 3.63) is 0 Å². The van der Waals surface area contributed by atoms with Crippen molar-refractivity contribution in [1.82, 2.24) is 10.2 Å². The zero-order chi connectivity index (χ0) is 14.6. The molecule has 1 rings (SSSR count). The van der Waals surface area contributed by atoms with E-state index < -0.39 is 5.54 Å². The summed E-state index contributed by atoms with van der Waals surface area (Å²) in [5, 5.41) is 3.32. The second kappa shape index (κ2) is 6.71. The Morgan fingerprint density at radius 3 is 2.58 bits per heavy atom. The molecule has 1 fully saturated rings. The summed E-state index contributed by atoms with van der Waals surface area (Å²) in [6.07, 6.45) is 3.95. The van der Waals surface area contributed by atoms with E-state index in [2.05, 4.69) is 38.0 Å². The van der Waals surface area contributed by atoms with Gasteiger partial charge in [-0.15, -0.1) is 0 Å². The third-order valence-electron chi connectivity index (χ3n) is 4.56. The van der Waals surface area contributed by atoms with Gasteiger partial charge in [0.2, 0.25) is 5.91 Å². The molecule has 0 radical (unpaired) electrons. The van der Waals surface area contributed by atoms with E-state index in [1.54, 1.807) is 0 Å². The Labute approximate surface area is 118 Å². The van der Waals surface area contributed by atoms with Crippen LogP contribution in [0.4, 0.5) is 0 Å². The number of amides is 1. The number of rotatable bonds is 7. The normalized spacial score (nSPS) is 29.1. The van der Waals surface area contributed by atoms with Crippen molar-refractivity contribution in [2.75, 3.05) is 13.6 Å². The lowest BCUT2D eigenvalue weighted by Gasteiger charge is -2.33. The van der Waals surface area contributed by atoms with E-state index in [0.29, 0.717) is 18.0 Å². The van der Waals surface area contributed by atoms with E-state index in [-0.39, 0.29) is 5.91 Å². The second-order valence-electron chi connectivity index (χ2n) is 6.52. The molecule has 1 saturated carbocycles. The Hall–Kier alpha value is -0.610. The molecule has 0 bridgehead atoms. The summed E-state index contributed by atoms with van der Waals surface area (Å²) in [7, 11) is 2.18. The highest BCUT2D eigenvalue weighted by atomic mass is 16.1. The Morgan fingerprint density at radius 1 is 1.47 bits per heavy atom. The van der Waals surface area contributed by atoms with Gasteiger partial charge in [0.25, 0.3) is 0 Å². The quantitative estimate of drug-likeness (QED) is 0.740. The molecule has 0 heterocycles. The lowest BCUT2D eigenvalue weighted by Crippen LogP contribution is -2.54. The zero-order valence-electron chi connectivity index (χ0n) is 13.2. The molecule has 1 aliphatic carbocycles. The average Bonchev–Trinajstić information content (AvgIpc) is 2.73. The van der Waals surface area contributed by atoms with Crippen molar-refractivity contribution >= 4 is 5.91 Å². The topological polar surface area (TPSA) is 58.4 Å². The number of likely N-dealkylation sites (N-methyl/N-ethyl adjacent to an activating group) is 1. The van der Waals surface area contributed by atoms with Crippen LogP contribution >= 0.6 is 0 Å². The maximum Gasteiger partial charge on any atom is 0.237 e. The standard InChI is InChI=1S/C15H31N3O/c1-6-17-15(14(16)19)8-7-13(10-15)18(5)12(4)9-11(2)3/h11-13,17H,6-10H2,1-5H3,(H2,16,19). The highest BCUT2D eigenvalue weighted by molar-refractivity contribution is 5.85. The second-order valence-corrected chi connectivity index (χ2v) is 6.52. The van der Waals surface area contributed by atoms with Crippen LogP contribution in [0.15, 0.2) is 0 Å². The number of nitrogens with one attached hydrogen (secondary N) is 1. The predicted molar refractivity (Wildman–Crippen MR) is 79.9 cm³/mol. The molecule has 0 aromatic rings. The maximum atomic E-state index is 11.8. The molecule has 3 atom stereocenters. The lowest BCUT2D eigenvalue weighted by atomic mass is 9.95. The number of hydrogen-bond acceptors (Lipinski definition) is 3. The third kappa shape index (κ3) is 3.93. The van der Waals surface area contributed by atoms with E-state index in [4.69, 9.17) is 5.73 Å². The van der Waals surface area contributed by atoms with Crippen LogP contribution < -0.4 is 11.1 Å². The minimum atomic E-state index is -0.481. The smallest absolute Gasteiger partial charge is 0.237 e. The van der Waals surface area contributed by atoms with E-state index >= 15 is 0 Å². The van der Waals surface area contributed by atoms with Crippen LogP contribution in [0.5, 0.6) is 0 Å². The van der Waals surface area contributed by atoms with Gasteiger partial charge in [-0.1, -0.05) is 20.8 Å². The van der Waals surface area contributed by atoms with Crippen LogP contribution in [0, 0.1) is 5.92 Å². The lowest BCUT2D eigenvalue weighted by molar-refractivity contribution is -0.124. The van der Waals surface area contributed by atoms with Gasteiger partial charge in [0.1, 0.15) is 0 Å². The van der Waals surface area contributed by atoms with Gasteiger partial charge in [0.05, 0.1) is 5.54 Å². The average molecular weight is 269 g/mol. The minimum absolute atomic E-state index is 0.193. The molecule has 19 heavy (non-hydrogen) atoms. The van der Waals surface area contributed by atoms with Gasteiger partial charge in [-0.2, -0.15) is 0 Å². The third-order valence-corrected chi connectivity index (χ3v) is 4.56. The molecule has 3 N–H and O–H groups in total. The van der Waals surface area contributed by atoms with E-state index in [1.165, 1.54) is 6.42 Å². The Morgan fingerprint density at radius 2 is 2.11 bits per heavy atom. The first-order chi connectivity index (χ1) is 8.82. The van der Waals surface area contributed by atoms with Crippen molar-refractivity contribution in [2.24, 2.45) is 11.7 Å². The van der Waals surface area contributed by atoms with E-state index in [1.807, 2.05) is 6.92 Å². The van der Waals surface area contributed by atoms with Crippen molar-refractivity contribution in [2.45, 2.75) is 71.0 Å². The summed E-state index contributed by atoms with van der Waals surface area (Å²) in [4.78, 5) is 14.2. The summed E-state index contributed by atoms with van der Waals surface area (Å²) in [6.45, 7) is 9.61. The van der Waals surface area contributed by atoms with Crippen LogP contribution in [0.2, 0.25) is 0 Å². The summed E-state index contributed by atoms with van der Waals surface area (Å²) in [6, 6.07) is 1.01. The van der Waals surface area contributed by atoms with Gasteiger partial charge in [-0.3, -0.25) is 4.79 Å². The maximum absolute atomic E-state index is 11.8. The minimum Gasteiger partial charge on any atom is -0.368 e. The Bertz CT molecular complexity index is 306. The van der Waals surface area contributed by atoms with Crippen molar-refractivity contribution in [3.63, 3.8) is 0 Å². The molecular weight excluding hydrogens is 238 g/mol. The Balaban J connectivity index is 2.65. The first-order valence-corrected chi connectivity index (χ1v) is 7.59. The predicted octanol–water partition coefficient (Wildman–Crippen LogP) is 1.74. The number of nitrogens with two attached hydrogens (primary N) is 1. The molecule has 112 valence electrons. The van der Waals surface area contributed by atoms with Crippen molar-refractivity contribution in [1.29, 1.82) is 0 Å². The fourth-order valence-corrected chi connectivity index (χ4v) is 3.39. The molecule has 0 aromatic carbocycles. The largest absolute Gasteiger partial charge is 0.368 e. The fraction of sp³-hybridized carbons (Fsp3) is 0.933. The van der Waals surface area contributed by atoms with E-state index in [0.717, 1.165) is 25.8 Å². The summed E-state index contributed by atoms with van der Waals surface area (Å²) in [5.74, 6) is 0.510. The number of carbonyl (C=O) groups is 1. The van der Waals surface area contributed by atoms with Crippen LogP contribution in [-0.4, -0.2) is 42.0 Å². The monoisotopic (exact) mass is 269 g/mol. The number of carbonyl (C=O) groups excluding carboxylic acids is 1. The van der Waals surface area contributed by atoms with E-state index in [9.17, 15) is 4.79 Å². The van der Waals surface area contributed by atoms with Gasteiger partial charge in [0, 0.05) is 12.1 Å². The number of nitrogens with zero attached hydrogens (tertiary/aromatic N) is 1. The van der Waals surface area contributed by atoms with Crippen LogP contribution in [-0.2, 0) is 4.79 Å². The summed E-state index contributed by atoms with van der Waals surface area (Å²) < 4.78 is 0. The van der Waals surface area contributed by atoms with Gasteiger partial charge >= 0.3 is 0 Å².